The highest BCUT2D eigenvalue weighted by molar-refractivity contribution is 6.07. The number of piperidine rings is 1. The molecule has 5 nitrogen and oxygen atoms in total. The topological polar surface area (TPSA) is 45.6 Å². The number of hydrogen-bond donors (Lipinski definition) is 0. The Labute approximate surface area is 190 Å². The molecule has 4 rings (SSSR count). The van der Waals surface area contributed by atoms with Gasteiger partial charge < -0.3 is 14.4 Å². The zero-order chi connectivity index (χ0) is 23.0. The number of anilines is 1. The van der Waals surface area contributed by atoms with Crippen LogP contribution in [0.4, 0.5) is 5.69 Å². The number of benzene rings is 2. The van der Waals surface area contributed by atoms with Crippen LogP contribution in [0.2, 0.25) is 0 Å². The molecule has 1 saturated heterocycles. The molecule has 5 heteroatoms. The summed E-state index contributed by atoms with van der Waals surface area (Å²) >= 11 is 0. The molecule has 2 aromatic carbocycles. The van der Waals surface area contributed by atoms with E-state index >= 15 is 0 Å². The van der Waals surface area contributed by atoms with E-state index in [0.717, 1.165) is 53.6 Å². The first-order chi connectivity index (χ1) is 15.3. The molecule has 2 heterocycles. The van der Waals surface area contributed by atoms with E-state index < -0.39 is 0 Å². The number of likely N-dealkylation sites (tertiary alicyclic amines) is 1. The van der Waals surface area contributed by atoms with Gasteiger partial charge >= 0.3 is 0 Å². The van der Waals surface area contributed by atoms with Crippen LogP contribution in [0.5, 0.6) is 0 Å². The summed E-state index contributed by atoms with van der Waals surface area (Å²) in [5.74, 6) is 0.300. The first-order valence-electron chi connectivity index (χ1n) is 11.5. The molecule has 0 spiro atoms. The summed E-state index contributed by atoms with van der Waals surface area (Å²) in [6, 6.07) is 13.7. The van der Waals surface area contributed by atoms with Gasteiger partial charge in [0.05, 0.1) is 5.52 Å². The lowest BCUT2D eigenvalue weighted by atomic mass is 9.87. The third-order valence-corrected chi connectivity index (χ3v) is 7.05. The average Bonchev–Trinajstić information content (AvgIpc) is 2.79. The lowest BCUT2D eigenvalue weighted by Gasteiger charge is -2.30. The Morgan fingerprint density at radius 2 is 1.75 bits per heavy atom. The molecule has 0 N–H and O–H groups in total. The highest BCUT2D eigenvalue weighted by Crippen LogP contribution is 2.33. The number of aromatic nitrogens is 1. The number of carbonyl (C=O) groups is 1. The molecular weight excluding hydrogens is 398 g/mol. The van der Waals surface area contributed by atoms with Crippen LogP contribution in [0.15, 0.2) is 47.3 Å². The zero-order valence-corrected chi connectivity index (χ0v) is 19.8. The maximum atomic E-state index is 13.4. The van der Waals surface area contributed by atoms with Crippen LogP contribution in [-0.2, 0) is 6.54 Å². The quantitative estimate of drug-likeness (QED) is 0.600. The molecule has 168 valence electrons. The van der Waals surface area contributed by atoms with Crippen molar-refractivity contribution < 1.29 is 4.79 Å². The Hall–Kier alpha value is -2.92. The van der Waals surface area contributed by atoms with Crippen molar-refractivity contribution >= 4 is 22.5 Å². The van der Waals surface area contributed by atoms with Crippen molar-refractivity contribution in [2.75, 3.05) is 32.1 Å². The van der Waals surface area contributed by atoms with E-state index in [2.05, 4.69) is 25.8 Å². The molecule has 3 aromatic rings. The Morgan fingerprint density at radius 1 is 1.03 bits per heavy atom. The van der Waals surface area contributed by atoms with Crippen molar-refractivity contribution in [1.82, 2.24) is 9.47 Å². The van der Waals surface area contributed by atoms with Crippen molar-refractivity contribution in [2.24, 2.45) is 0 Å². The SMILES string of the molecule is CCn1c(=O)cc(C2CCN(C)CC2)c2cc(C(=O)N(C)c3ccc(C)c(C)c3)ccc21. The fourth-order valence-corrected chi connectivity index (χ4v) is 4.77. The predicted molar refractivity (Wildman–Crippen MR) is 132 cm³/mol. The van der Waals surface area contributed by atoms with Gasteiger partial charge in [0.1, 0.15) is 0 Å². The lowest BCUT2D eigenvalue weighted by Crippen LogP contribution is -2.30. The van der Waals surface area contributed by atoms with Crippen molar-refractivity contribution in [1.29, 1.82) is 0 Å². The van der Waals surface area contributed by atoms with Gasteiger partial charge in [0.2, 0.25) is 0 Å². The molecule has 0 atom stereocenters. The fraction of sp³-hybridized carbons (Fsp3) is 0.407. The Morgan fingerprint density at radius 3 is 2.41 bits per heavy atom. The fourth-order valence-electron chi connectivity index (χ4n) is 4.77. The maximum Gasteiger partial charge on any atom is 0.258 e. The van der Waals surface area contributed by atoms with Crippen molar-refractivity contribution in [3.8, 4) is 0 Å². The standard InChI is InChI=1S/C27H33N3O2/c1-6-30-25-10-8-21(27(32)29(5)22-9-7-18(2)19(3)15-22)16-24(25)23(17-26(30)31)20-11-13-28(4)14-12-20/h7-10,15-17,20H,6,11-14H2,1-5H3. The minimum atomic E-state index is -0.0428. The van der Waals surface area contributed by atoms with Gasteiger partial charge in [-0.3, -0.25) is 9.59 Å². The number of nitrogens with zero attached hydrogens (tertiary/aromatic N) is 3. The van der Waals surface area contributed by atoms with Crippen LogP contribution in [-0.4, -0.2) is 42.6 Å². The summed E-state index contributed by atoms with van der Waals surface area (Å²) < 4.78 is 1.80. The van der Waals surface area contributed by atoms with Crippen LogP contribution < -0.4 is 10.5 Å². The molecule has 32 heavy (non-hydrogen) atoms. The molecule has 1 aromatic heterocycles. The number of rotatable bonds is 4. The largest absolute Gasteiger partial charge is 0.311 e. The van der Waals surface area contributed by atoms with Crippen molar-refractivity contribution in [2.45, 2.75) is 46.1 Å². The van der Waals surface area contributed by atoms with Crippen LogP contribution in [0.25, 0.3) is 10.9 Å². The molecule has 0 aliphatic carbocycles. The van der Waals surface area contributed by atoms with E-state index in [0.29, 0.717) is 18.0 Å². The summed E-state index contributed by atoms with van der Waals surface area (Å²) in [4.78, 5) is 30.3. The van der Waals surface area contributed by atoms with Gasteiger partial charge in [-0.25, -0.2) is 0 Å². The van der Waals surface area contributed by atoms with Crippen LogP contribution in [0.1, 0.15) is 52.7 Å². The maximum absolute atomic E-state index is 13.4. The molecule has 1 aliphatic rings. The first-order valence-corrected chi connectivity index (χ1v) is 11.5. The number of hydrogen-bond acceptors (Lipinski definition) is 3. The summed E-state index contributed by atoms with van der Waals surface area (Å²) in [7, 11) is 3.96. The van der Waals surface area contributed by atoms with Crippen molar-refractivity contribution in [3.63, 3.8) is 0 Å². The van der Waals surface area contributed by atoms with E-state index in [1.807, 2.05) is 56.4 Å². The van der Waals surface area contributed by atoms with Crippen LogP contribution >= 0.6 is 0 Å². The second-order valence-electron chi connectivity index (χ2n) is 9.12. The van der Waals surface area contributed by atoms with E-state index in [-0.39, 0.29) is 11.5 Å². The molecule has 0 unspecified atom stereocenters. The average molecular weight is 432 g/mol. The summed E-state index contributed by atoms with van der Waals surface area (Å²) in [6.07, 6.45) is 2.06. The highest BCUT2D eigenvalue weighted by atomic mass is 16.2. The molecular formula is C27H33N3O2. The third-order valence-electron chi connectivity index (χ3n) is 7.05. The molecule has 0 bridgehead atoms. The number of pyridine rings is 1. The number of aryl methyl sites for hydroxylation is 3. The van der Waals surface area contributed by atoms with E-state index in [4.69, 9.17) is 0 Å². The second-order valence-corrected chi connectivity index (χ2v) is 9.12. The normalized spacial score (nSPS) is 15.3. The molecule has 1 aliphatic heterocycles. The van der Waals surface area contributed by atoms with Crippen molar-refractivity contribution in [3.05, 3.63) is 75.1 Å². The monoisotopic (exact) mass is 431 g/mol. The summed E-state index contributed by atoms with van der Waals surface area (Å²) in [5.41, 5.74) is 5.95. The molecule has 1 amide bonds. The number of carbonyl (C=O) groups excluding carboxylic acids is 1. The van der Waals surface area contributed by atoms with Gasteiger partial charge in [-0.2, -0.15) is 0 Å². The van der Waals surface area contributed by atoms with Gasteiger partial charge in [-0.05, 0) is 107 Å². The van der Waals surface area contributed by atoms with E-state index in [1.54, 1.807) is 9.47 Å². The Balaban J connectivity index is 1.78. The van der Waals surface area contributed by atoms with Crippen LogP contribution in [0, 0.1) is 13.8 Å². The zero-order valence-electron chi connectivity index (χ0n) is 19.8. The number of amides is 1. The number of fused-ring (bicyclic) bond motifs is 1. The minimum Gasteiger partial charge on any atom is -0.311 e. The Kier molecular flexibility index (Phi) is 6.20. The summed E-state index contributed by atoms with van der Waals surface area (Å²) in [6.45, 7) is 8.78. The van der Waals surface area contributed by atoms with E-state index in [1.165, 1.54) is 5.56 Å². The van der Waals surface area contributed by atoms with Gasteiger partial charge in [0.25, 0.3) is 11.5 Å². The first kappa shape index (κ1) is 22.3. The second kappa shape index (κ2) is 8.91. The van der Waals surface area contributed by atoms with Gasteiger partial charge in [-0.1, -0.05) is 6.07 Å². The summed E-state index contributed by atoms with van der Waals surface area (Å²) in [5, 5.41) is 1.03. The van der Waals surface area contributed by atoms with Gasteiger partial charge in [0.15, 0.2) is 0 Å². The van der Waals surface area contributed by atoms with Gasteiger partial charge in [0, 0.05) is 36.3 Å². The highest BCUT2D eigenvalue weighted by Gasteiger charge is 2.23. The predicted octanol–water partition coefficient (Wildman–Crippen LogP) is 4.72. The smallest absolute Gasteiger partial charge is 0.258 e. The van der Waals surface area contributed by atoms with E-state index in [9.17, 15) is 9.59 Å². The van der Waals surface area contributed by atoms with Gasteiger partial charge in [-0.15, -0.1) is 0 Å². The third kappa shape index (κ3) is 4.09. The molecule has 0 radical (unpaired) electrons. The van der Waals surface area contributed by atoms with Crippen LogP contribution in [0.3, 0.4) is 0 Å². The molecule has 1 fully saturated rings. The minimum absolute atomic E-state index is 0.0419. The molecule has 0 saturated carbocycles. The Bertz CT molecular complexity index is 1220. The lowest BCUT2D eigenvalue weighted by molar-refractivity contribution is 0.0993.